The van der Waals surface area contributed by atoms with Gasteiger partial charge in [0, 0.05) is 0 Å². The summed E-state index contributed by atoms with van der Waals surface area (Å²) in [6.45, 7) is -1.70. The van der Waals surface area contributed by atoms with Crippen molar-refractivity contribution in [3.8, 4) is 0 Å². The molecule has 3 fully saturated rings. The van der Waals surface area contributed by atoms with Crippen LogP contribution in [0.1, 0.15) is 12.5 Å². The highest BCUT2D eigenvalue weighted by Crippen LogP contribution is 2.53. The Morgan fingerprint density at radius 2 is 1.33 bits per heavy atom. The van der Waals surface area contributed by atoms with Crippen molar-refractivity contribution in [2.75, 3.05) is 18.9 Å². The maximum absolute atomic E-state index is 13.1. The molecule has 10 atom stereocenters. The minimum absolute atomic E-state index is 0.0118. The number of anilines is 1. The summed E-state index contributed by atoms with van der Waals surface area (Å²) in [6.07, 6.45) is -9.53. The second kappa shape index (κ2) is 10.8. The van der Waals surface area contributed by atoms with Crippen LogP contribution in [-0.2, 0) is 36.7 Å². The topological polar surface area (TPSA) is 324 Å². The number of rotatable bonds is 2. The number of hydrogen-bond acceptors (Lipinski definition) is 17. The third-order valence-electron chi connectivity index (χ3n) is 7.30. The Labute approximate surface area is 247 Å². The molecular weight excluding hydrogens is 652 g/mol. The van der Waals surface area contributed by atoms with Crippen LogP contribution in [0.5, 0.6) is 0 Å². The standard InChI is InChI=1S/C20H23N9O14P2/c21-20-26-15-9(17(33)27-20)25-5-29(15)19-11(31)13-7(41-19)2-39-44(34,35)42-12-6(1-38-45(36,37)43-13)40-18(10(12)30)28-4-24-8-14(28)22-3-23-16(8)32/h3-7,10-13,18-19,30-31H,1-2H2,(H,34,35)(H,36,37)(H,22,23,32)(H3,21,26,27,33)/t6-,7-,10+,11+,12?,13?,18-,19-/m1/s1. The van der Waals surface area contributed by atoms with Crippen LogP contribution >= 0.6 is 15.6 Å². The molecule has 0 saturated carbocycles. The van der Waals surface area contributed by atoms with Gasteiger partial charge in [-0.2, -0.15) is 4.98 Å². The quantitative estimate of drug-likeness (QED) is 0.107. The summed E-state index contributed by atoms with van der Waals surface area (Å²) in [6, 6.07) is 0. The molecular formula is C20H23N9O14P2. The van der Waals surface area contributed by atoms with Gasteiger partial charge in [-0.1, -0.05) is 0 Å². The molecule has 0 aliphatic carbocycles. The molecule has 0 aromatic carbocycles. The number of aromatic nitrogens is 8. The third kappa shape index (κ3) is 5.31. The summed E-state index contributed by atoms with van der Waals surface area (Å²) in [5.41, 5.74) is 3.96. The van der Waals surface area contributed by atoms with Crippen molar-refractivity contribution >= 4 is 43.9 Å². The van der Waals surface area contributed by atoms with Crippen molar-refractivity contribution in [1.29, 1.82) is 0 Å². The Balaban J connectivity index is 1.17. The van der Waals surface area contributed by atoms with E-state index in [0.29, 0.717) is 0 Å². The number of nitrogen functional groups attached to an aromatic ring is 1. The number of aliphatic hydroxyl groups excluding tert-OH is 2. The fourth-order valence-electron chi connectivity index (χ4n) is 5.31. The largest absolute Gasteiger partial charge is 0.472 e. The van der Waals surface area contributed by atoms with E-state index in [-0.39, 0.29) is 28.3 Å². The van der Waals surface area contributed by atoms with E-state index >= 15 is 0 Å². The highest BCUT2D eigenvalue weighted by atomic mass is 31.2. The molecule has 3 saturated heterocycles. The highest BCUT2D eigenvalue weighted by molar-refractivity contribution is 7.47. The second-order valence-electron chi connectivity index (χ2n) is 10.1. The summed E-state index contributed by atoms with van der Waals surface area (Å²) < 4.78 is 60.6. The Kier molecular flexibility index (Phi) is 7.27. The Morgan fingerprint density at radius 1 is 0.822 bits per heavy atom. The van der Waals surface area contributed by atoms with Gasteiger partial charge < -0.3 is 40.2 Å². The van der Waals surface area contributed by atoms with Gasteiger partial charge in [0.05, 0.1) is 32.2 Å². The zero-order valence-electron chi connectivity index (χ0n) is 22.3. The minimum Gasteiger partial charge on any atom is -0.386 e. The molecule has 7 rings (SSSR count). The smallest absolute Gasteiger partial charge is 0.386 e. The number of H-pyrrole nitrogens is 2. The average Bonchev–Trinajstić information content (AvgIpc) is 3.72. The van der Waals surface area contributed by atoms with E-state index < -0.39 is 89.1 Å². The first-order valence-electron chi connectivity index (χ1n) is 12.9. The van der Waals surface area contributed by atoms with Gasteiger partial charge in [-0.05, 0) is 0 Å². The molecule has 23 nitrogen and oxygen atoms in total. The van der Waals surface area contributed by atoms with Gasteiger partial charge in [-0.25, -0.2) is 24.1 Å². The monoisotopic (exact) mass is 675 g/mol. The predicted molar refractivity (Wildman–Crippen MR) is 142 cm³/mol. The maximum Gasteiger partial charge on any atom is 0.472 e. The number of nitrogens with zero attached hydrogens (tertiary/aromatic N) is 6. The summed E-state index contributed by atoms with van der Waals surface area (Å²) in [5.74, 6) is -0.275. The van der Waals surface area contributed by atoms with Gasteiger partial charge in [0.25, 0.3) is 11.1 Å². The van der Waals surface area contributed by atoms with Crippen LogP contribution in [0.2, 0.25) is 0 Å². The summed E-state index contributed by atoms with van der Waals surface area (Å²) in [7, 11) is -10.1. The highest BCUT2D eigenvalue weighted by Gasteiger charge is 2.54. The van der Waals surface area contributed by atoms with E-state index in [1.165, 1.54) is 0 Å². The number of fused-ring (bicyclic) bond motifs is 4. The number of phosphoric acid groups is 2. The van der Waals surface area contributed by atoms with Crippen LogP contribution in [0, 0.1) is 0 Å². The SMILES string of the molecule is Nc1nc2c(ncn2[C@@H]2O[C@@H]3COP(=O)(O)OC4[C@@H](COP(=O)(O)OC3[C@@H]2O)O[C@@H](n2cnc3c(=O)[nH]cnc32)[C@H]4O)c(=O)[nH]1. The van der Waals surface area contributed by atoms with Gasteiger partial charge in [0.15, 0.2) is 34.8 Å². The van der Waals surface area contributed by atoms with Gasteiger partial charge in [0.1, 0.15) is 36.6 Å². The van der Waals surface area contributed by atoms with Crippen molar-refractivity contribution < 1.29 is 56.7 Å². The first kappa shape index (κ1) is 30.2. The van der Waals surface area contributed by atoms with Crippen LogP contribution in [0.4, 0.5) is 5.95 Å². The zero-order chi connectivity index (χ0) is 31.8. The van der Waals surface area contributed by atoms with E-state index in [9.17, 15) is 38.7 Å². The number of imidazole rings is 2. The van der Waals surface area contributed by atoms with Crippen molar-refractivity contribution in [2.45, 2.75) is 49.1 Å². The van der Waals surface area contributed by atoms with Crippen LogP contribution in [0.3, 0.4) is 0 Å². The fourth-order valence-corrected chi connectivity index (χ4v) is 7.24. The normalized spacial score (nSPS) is 37.7. The number of nitrogens with two attached hydrogens (primary N) is 1. The van der Waals surface area contributed by atoms with Crippen LogP contribution in [0.15, 0.2) is 28.6 Å². The summed E-state index contributed by atoms with van der Waals surface area (Å²) >= 11 is 0. The molecule has 4 aromatic heterocycles. The third-order valence-corrected chi connectivity index (χ3v) is 9.27. The lowest BCUT2D eigenvalue weighted by Crippen LogP contribution is -2.39. The van der Waals surface area contributed by atoms with Gasteiger partial charge in [-0.3, -0.25) is 41.8 Å². The molecule has 25 heteroatoms. The zero-order valence-corrected chi connectivity index (χ0v) is 24.1. The Hall–Kier alpha value is -3.44. The molecule has 7 heterocycles. The Bertz CT molecular complexity index is 2000. The van der Waals surface area contributed by atoms with Crippen molar-refractivity contribution in [3.63, 3.8) is 0 Å². The average molecular weight is 675 g/mol. The van der Waals surface area contributed by atoms with Crippen LogP contribution in [-0.4, -0.2) is 109 Å². The molecule has 8 N–H and O–H groups in total. The van der Waals surface area contributed by atoms with Crippen molar-refractivity contribution in [3.05, 3.63) is 39.7 Å². The molecule has 45 heavy (non-hydrogen) atoms. The van der Waals surface area contributed by atoms with Crippen LogP contribution in [0.25, 0.3) is 22.3 Å². The number of ether oxygens (including phenoxy) is 2. The number of nitrogens with one attached hydrogen (secondary N) is 2. The summed E-state index contributed by atoms with van der Waals surface area (Å²) in [5, 5.41) is 22.2. The van der Waals surface area contributed by atoms with E-state index in [4.69, 9.17) is 33.3 Å². The molecule has 242 valence electrons. The number of hydrogen-bond donors (Lipinski definition) is 7. The van der Waals surface area contributed by atoms with Gasteiger partial charge in [-0.15, -0.1) is 0 Å². The number of aromatic amines is 2. The fraction of sp³-hybridized carbons (Fsp3) is 0.500. The maximum atomic E-state index is 13.1. The van der Waals surface area contributed by atoms with E-state index in [1.54, 1.807) is 0 Å². The Morgan fingerprint density at radius 3 is 1.89 bits per heavy atom. The lowest BCUT2D eigenvalue weighted by Gasteiger charge is -2.27. The molecule has 3 aliphatic rings. The van der Waals surface area contributed by atoms with Crippen LogP contribution < -0.4 is 16.9 Å². The number of aliphatic hydroxyl groups is 2. The van der Waals surface area contributed by atoms with Gasteiger partial charge in [0.2, 0.25) is 5.95 Å². The van der Waals surface area contributed by atoms with Gasteiger partial charge >= 0.3 is 15.6 Å². The summed E-state index contributed by atoms with van der Waals surface area (Å²) in [4.78, 5) is 65.9. The van der Waals surface area contributed by atoms with E-state index in [0.717, 1.165) is 28.1 Å². The number of phosphoric ester groups is 2. The first-order valence-corrected chi connectivity index (χ1v) is 15.9. The van der Waals surface area contributed by atoms with E-state index in [1.807, 2.05) is 0 Å². The van der Waals surface area contributed by atoms with Crippen molar-refractivity contribution in [1.82, 2.24) is 39.0 Å². The molecule has 0 radical (unpaired) electrons. The predicted octanol–water partition coefficient (Wildman–Crippen LogP) is -2.63. The van der Waals surface area contributed by atoms with Crippen molar-refractivity contribution in [2.24, 2.45) is 0 Å². The first-order chi connectivity index (χ1) is 21.3. The molecule has 3 aliphatic heterocycles. The molecule has 0 amide bonds. The minimum atomic E-state index is -5.08. The molecule has 0 bridgehead atoms. The molecule has 4 aromatic rings. The van der Waals surface area contributed by atoms with E-state index in [2.05, 4.69) is 29.9 Å². The molecule has 0 spiro atoms. The lowest BCUT2D eigenvalue weighted by molar-refractivity contribution is -0.0664. The lowest BCUT2D eigenvalue weighted by atomic mass is 10.1. The molecule has 4 unspecified atom stereocenters. The second-order valence-corrected chi connectivity index (χ2v) is 12.9.